The van der Waals surface area contributed by atoms with Crippen LogP contribution in [0.15, 0.2) is 72.9 Å². The molecule has 0 saturated carbocycles. The Morgan fingerprint density at radius 1 is 0.647 bits per heavy atom. The molecule has 0 heterocycles. The number of nitrogens with one attached hydrogen (secondary N) is 1. The molecule has 0 aliphatic heterocycles. The number of carbonyl (C=O) groups is 3. The number of carboxylic acid groups (broad SMARTS) is 1. The maximum Gasteiger partial charge on any atom is 0.472 e. The van der Waals surface area contributed by atoms with E-state index in [1.165, 1.54) is 0 Å². The third kappa shape index (κ3) is 33.8. The average molecular weight is 738 g/mol. The van der Waals surface area contributed by atoms with Gasteiger partial charge in [0, 0.05) is 12.8 Å². The van der Waals surface area contributed by atoms with Gasteiger partial charge in [-0.25, -0.2) is 9.36 Å². The molecular weight excluding hydrogens is 673 g/mol. The van der Waals surface area contributed by atoms with E-state index < -0.39 is 57.6 Å². The average Bonchev–Trinajstić information content (AvgIpc) is 3.10. The van der Waals surface area contributed by atoms with Crippen molar-refractivity contribution in [2.45, 2.75) is 135 Å². The molecule has 4 N–H and O–H groups in total. The third-order valence-corrected chi connectivity index (χ3v) is 8.21. The van der Waals surface area contributed by atoms with Crippen LogP contribution < -0.4 is 5.32 Å². The van der Waals surface area contributed by atoms with Crippen molar-refractivity contribution in [3.05, 3.63) is 72.9 Å². The van der Waals surface area contributed by atoms with Crippen LogP contribution in [0.25, 0.3) is 0 Å². The number of phosphoric acid groups is 1. The van der Waals surface area contributed by atoms with Gasteiger partial charge in [0.2, 0.25) is 5.91 Å². The molecule has 0 aliphatic rings. The van der Waals surface area contributed by atoms with Gasteiger partial charge in [-0.15, -0.1) is 0 Å². The van der Waals surface area contributed by atoms with Gasteiger partial charge in [0.1, 0.15) is 12.7 Å². The van der Waals surface area contributed by atoms with Crippen molar-refractivity contribution in [3.63, 3.8) is 0 Å². The Hall–Kier alpha value is -3.08. The van der Waals surface area contributed by atoms with E-state index >= 15 is 0 Å². The topological polar surface area (TPSA) is 169 Å². The standard InChI is InChI=1S/C39H64NO10P/c1-3-5-7-9-10-11-12-13-14-15-16-17-18-19-20-21-22-23-24-25-26-27-29-31-38(43)48-32-35(41)33-49-51(46,47)50-34-36(39(44)45)40-37(42)30-28-8-6-4-2/h5,7,10-11,13-14,16-17,19-20,22-23,35-36,41H,3-4,6,8-9,12,15,18,21,24-34H2,1-2H3,(H,40,42)(H,44,45)(H,46,47)/b7-5-,11-10-,14-13-,17-16-,20-19-,23-22-. The van der Waals surface area contributed by atoms with Crippen LogP contribution in [0, 0.1) is 0 Å². The first kappa shape index (κ1) is 47.9. The number of carbonyl (C=O) groups excluding carboxylic acids is 2. The number of allylic oxidation sites excluding steroid dienone is 12. The maximum atomic E-state index is 12.1. The van der Waals surface area contributed by atoms with Crippen molar-refractivity contribution in [2.24, 2.45) is 0 Å². The van der Waals surface area contributed by atoms with Gasteiger partial charge in [-0.1, -0.05) is 119 Å². The Bertz CT molecular complexity index is 1140. The molecule has 11 nitrogen and oxygen atoms in total. The molecule has 3 atom stereocenters. The van der Waals surface area contributed by atoms with Gasteiger partial charge in [0.15, 0.2) is 6.04 Å². The second-order valence-corrected chi connectivity index (χ2v) is 13.5. The number of hydrogen-bond acceptors (Lipinski definition) is 8. The van der Waals surface area contributed by atoms with Gasteiger partial charge in [0.05, 0.1) is 13.2 Å². The molecule has 0 saturated heterocycles. The Kier molecular flexibility index (Phi) is 32.0. The van der Waals surface area contributed by atoms with Crippen LogP contribution in [0.3, 0.4) is 0 Å². The van der Waals surface area contributed by atoms with Crippen molar-refractivity contribution >= 4 is 25.7 Å². The summed E-state index contributed by atoms with van der Waals surface area (Å²) in [6.45, 7) is 2.23. The first-order valence-electron chi connectivity index (χ1n) is 18.5. The number of aliphatic hydroxyl groups is 1. The molecule has 3 unspecified atom stereocenters. The number of aliphatic carboxylic acids is 1. The Labute approximate surface area is 306 Å². The molecule has 0 bridgehead atoms. The number of phosphoric ester groups is 1. The van der Waals surface area contributed by atoms with Gasteiger partial charge in [-0.2, -0.15) is 0 Å². The Balaban J connectivity index is 3.90. The summed E-state index contributed by atoms with van der Waals surface area (Å²) < 4.78 is 26.5. The van der Waals surface area contributed by atoms with Crippen LogP contribution in [0.4, 0.5) is 0 Å². The lowest BCUT2D eigenvalue weighted by molar-refractivity contribution is -0.147. The van der Waals surface area contributed by atoms with E-state index in [1.807, 2.05) is 6.92 Å². The van der Waals surface area contributed by atoms with E-state index in [2.05, 4.69) is 89.7 Å². The fourth-order valence-corrected chi connectivity index (χ4v) is 5.15. The summed E-state index contributed by atoms with van der Waals surface area (Å²) >= 11 is 0. The number of hydrogen-bond donors (Lipinski definition) is 4. The highest BCUT2D eigenvalue weighted by atomic mass is 31.2. The molecule has 0 spiro atoms. The number of aliphatic hydroxyl groups excluding tert-OH is 1. The highest BCUT2D eigenvalue weighted by molar-refractivity contribution is 7.47. The predicted molar refractivity (Wildman–Crippen MR) is 203 cm³/mol. The van der Waals surface area contributed by atoms with E-state index in [0.29, 0.717) is 12.8 Å². The molecule has 0 aliphatic carbocycles. The molecule has 0 aromatic heterocycles. The number of ether oxygens (including phenoxy) is 1. The van der Waals surface area contributed by atoms with Gasteiger partial charge in [0.25, 0.3) is 0 Å². The highest BCUT2D eigenvalue weighted by Gasteiger charge is 2.28. The largest absolute Gasteiger partial charge is 0.480 e. The molecule has 0 radical (unpaired) electrons. The summed E-state index contributed by atoms with van der Waals surface area (Å²) in [7, 11) is -4.74. The molecular formula is C39H64NO10P. The molecule has 51 heavy (non-hydrogen) atoms. The predicted octanol–water partition coefficient (Wildman–Crippen LogP) is 8.60. The van der Waals surface area contributed by atoms with Crippen molar-refractivity contribution in [1.29, 1.82) is 0 Å². The quantitative estimate of drug-likeness (QED) is 0.0221. The van der Waals surface area contributed by atoms with E-state index in [1.54, 1.807) is 0 Å². The summed E-state index contributed by atoms with van der Waals surface area (Å²) in [5.74, 6) is -2.44. The summed E-state index contributed by atoms with van der Waals surface area (Å²) in [5, 5.41) is 21.5. The second kappa shape index (κ2) is 34.0. The summed E-state index contributed by atoms with van der Waals surface area (Å²) in [6, 6.07) is -1.55. The summed E-state index contributed by atoms with van der Waals surface area (Å²) in [6.07, 6.45) is 38.8. The lowest BCUT2D eigenvalue weighted by Gasteiger charge is -2.18. The zero-order valence-electron chi connectivity index (χ0n) is 30.9. The second-order valence-electron chi connectivity index (χ2n) is 12.0. The number of rotatable bonds is 33. The van der Waals surface area contributed by atoms with Crippen LogP contribution in [0.2, 0.25) is 0 Å². The van der Waals surface area contributed by atoms with Gasteiger partial charge in [-0.3, -0.25) is 18.6 Å². The van der Waals surface area contributed by atoms with E-state index in [-0.39, 0.29) is 12.8 Å². The van der Waals surface area contributed by atoms with Gasteiger partial charge >= 0.3 is 19.8 Å². The van der Waals surface area contributed by atoms with E-state index in [9.17, 15) is 34.1 Å². The lowest BCUT2D eigenvalue weighted by Crippen LogP contribution is -2.43. The minimum Gasteiger partial charge on any atom is -0.480 e. The Morgan fingerprint density at radius 2 is 1.14 bits per heavy atom. The number of amides is 1. The van der Waals surface area contributed by atoms with Gasteiger partial charge < -0.3 is 25.2 Å². The van der Waals surface area contributed by atoms with E-state index in [4.69, 9.17) is 9.26 Å². The van der Waals surface area contributed by atoms with Crippen LogP contribution >= 0.6 is 7.82 Å². The van der Waals surface area contributed by atoms with Crippen LogP contribution in [-0.4, -0.2) is 64.9 Å². The lowest BCUT2D eigenvalue weighted by atomic mass is 10.1. The van der Waals surface area contributed by atoms with Crippen molar-refractivity contribution < 1.29 is 47.8 Å². The minimum atomic E-state index is -4.74. The van der Waals surface area contributed by atoms with E-state index in [0.717, 1.165) is 83.5 Å². The molecule has 0 aromatic carbocycles. The molecule has 12 heteroatoms. The molecule has 290 valence electrons. The smallest absolute Gasteiger partial charge is 0.472 e. The zero-order valence-corrected chi connectivity index (χ0v) is 31.8. The van der Waals surface area contributed by atoms with Gasteiger partial charge in [-0.05, 0) is 64.2 Å². The number of esters is 1. The molecule has 0 fully saturated rings. The fraction of sp³-hybridized carbons (Fsp3) is 0.615. The van der Waals surface area contributed by atoms with Crippen molar-refractivity contribution in [3.8, 4) is 0 Å². The molecule has 0 aromatic rings. The first-order valence-corrected chi connectivity index (χ1v) is 20.0. The summed E-state index contributed by atoms with van der Waals surface area (Å²) in [5.41, 5.74) is 0. The van der Waals surface area contributed by atoms with Crippen LogP contribution in [0.5, 0.6) is 0 Å². The number of carboxylic acids is 1. The third-order valence-electron chi connectivity index (χ3n) is 7.26. The van der Waals surface area contributed by atoms with Crippen LogP contribution in [-0.2, 0) is 32.7 Å². The maximum absolute atomic E-state index is 12.1. The first-order chi connectivity index (χ1) is 24.6. The van der Waals surface area contributed by atoms with Crippen molar-refractivity contribution in [1.82, 2.24) is 5.32 Å². The minimum absolute atomic E-state index is 0.132. The highest BCUT2D eigenvalue weighted by Crippen LogP contribution is 2.43. The van der Waals surface area contributed by atoms with Crippen molar-refractivity contribution in [2.75, 3.05) is 19.8 Å². The Morgan fingerprint density at radius 3 is 1.69 bits per heavy atom. The van der Waals surface area contributed by atoms with Crippen LogP contribution in [0.1, 0.15) is 123 Å². The number of unbranched alkanes of at least 4 members (excludes halogenated alkanes) is 7. The monoisotopic (exact) mass is 737 g/mol. The normalized spacial score (nSPS) is 14.7. The molecule has 0 rings (SSSR count). The fourth-order valence-electron chi connectivity index (χ4n) is 4.37. The zero-order chi connectivity index (χ0) is 37.8. The SMILES string of the molecule is CC/C=C\C/C=C\C/C=C\C/C=C\C/C=C\C/C=C\CCCCCCC(=O)OCC(O)COP(=O)(O)OCC(NC(=O)CCCCCC)C(=O)O. The summed E-state index contributed by atoms with van der Waals surface area (Å²) in [4.78, 5) is 45.1. The molecule has 1 amide bonds.